The van der Waals surface area contributed by atoms with Crippen LogP contribution in [0, 0.1) is 5.92 Å². The number of likely N-dealkylation sites (tertiary alicyclic amines) is 1. The molecule has 1 saturated heterocycles. The Morgan fingerprint density at radius 3 is 2.72 bits per heavy atom. The van der Waals surface area contributed by atoms with E-state index in [-0.39, 0.29) is 24.4 Å². The number of amides is 2. The van der Waals surface area contributed by atoms with Crippen LogP contribution in [0.1, 0.15) is 32.1 Å². The Hall–Kier alpha value is -1.52. The molecule has 2 aliphatic rings. The van der Waals surface area contributed by atoms with Gasteiger partial charge in [-0.05, 0) is 31.6 Å². The minimum atomic E-state index is -0.776. The fourth-order valence-electron chi connectivity index (χ4n) is 2.66. The number of hydrogen-bond donors (Lipinski definition) is 2. The minimum Gasteiger partial charge on any atom is -0.481 e. The molecule has 1 atom stereocenters. The standard InChI is InChI=1S/C13H20N2O3/c16-12(17)8-10-4-3-7-15(9-10)13(18)14-11-5-1-2-6-11/h1-2,10-11H,3-9H2,(H,14,18)(H,16,17). The number of rotatable bonds is 3. The Labute approximate surface area is 107 Å². The maximum absolute atomic E-state index is 12.0. The second-order valence-corrected chi connectivity index (χ2v) is 5.14. The van der Waals surface area contributed by atoms with Crippen molar-refractivity contribution in [2.24, 2.45) is 5.92 Å². The number of aliphatic carboxylic acids is 1. The van der Waals surface area contributed by atoms with Crippen LogP contribution in [0.3, 0.4) is 0 Å². The van der Waals surface area contributed by atoms with Gasteiger partial charge in [0.1, 0.15) is 0 Å². The number of urea groups is 1. The fourth-order valence-corrected chi connectivity index (χ4v) is 2.66. The SMILES string of the molecule is O=C(O)CC1CCCN(C(=O)NC2CC=CC2)C1. The van der Waals surface area contributed by atoms with E-state index in [0.29, 0.717) is 6.54 Å². The van der Waals surface area contributed by atoms with Crippen LogP contribution in [0.4, 0.5) is 4.79 Å². The fraction of sp³-hybridized carbons (Fsp3) is 0.692. The van der Waals surface area contributed by atoms with Gasteiger partial charge in [-0.2, -0.15) is 0 Å². The summed E-state index contributed by atoms with van der Waals surface area (Å²) in [6, 6.07) is 0.177. The summed E-state index contributed by atoms with van der Waals surface area (Å²) in [6.45, 7) is 1.31. The van der Waals surface area contributed by atoms with E-state index in [1.807, 2.05) is 0 Å². The van der Waals surface area contributed by atoms with E-state index in [1.165, 1.54) is 0 Å². The highest BCUT2D eigenvalue weighted by molar-refractivity contribution is 5.75. The van der Waals surface area contributed by atoms with Crippen molar-refractivity contribution >= 4 is 12.0 Å². The monoisotopic (exact) mass is 252 g/mol. The molecule has 0 aromatic heterocycles. The highest BCUT2D eigenvalue weighted by Gasteiger charge is 2.26. The van der Waals surface area contributed by atoms with Gasteiger partial charge < -0.3 is 15.3 Å². The van der Waals surface area contributed by atoms with Crippen LogP contribution in [-0.4, -0.2) is 41.1 Å². The highest BCUT2D eigenvalue weighted by Crippen LogP contribution is 2.20. The van der Waals surface area contributed by atoms with Gasteiger partial charge in [0.2, 0.25) is 0 Å². The van der Waals surface area contributed by atoms with Crippen molar-refractivity contribution in [1.82, 2.24) is 10.2 Å². The Bertz CT molecular complexity index is 346. The lowest BCUT2D eigenvalue weighted by atomic mass is 9.95. The zero-order valence-corrected chi connectivity index (χ0v) is 10.5. The molecule has 2 N–H and O–H groups in total. The van der Waals surface area contributed by atoms with Gasteiger partial charge in [-0.25, -0.2) is 4.79 Å². The summed E-state index contributed by atoms with van der Waals surface area (Å²) in [4.78, 5) is 24.5. The average Bonchev–Trinajstić information content (AvgIpc) is 2.81. The van der Waals surface area contributed by atoms with Crippen LogP contribution in [0.25, 0.3) is 0 Å². The predicted octanol–water partition coefficient (Wildman–Crippen LogP) is 1.60. The quantitative estimate of drug-likeness (QED) is 0.750. The summed E-state index contributed by atoms with van der Waals surface area (Å²) >= 11 is 0. The van der Waals surface area contributed by atoms with E-state index in [1.54, 1.807) is 4.90 Å². The number of carbonyl (C=O) groups is 2. The molecule has 1 aliphatic heterocycles. The predicted molar refractivity (Wildman–Crippen MR) is 67.2 cm³/mol. The van der Waals surface area contributed by atoms with Crippen LogP contribution in [0.2, 0.25) is 0 Å². The molecule has 1 fully saturated rings. The molecule has 0 saturated carbocycles. The van der Waals surface area contributed by atoms with Gasteiger partial charge in [-0.1, -0.05) is 12.2 Å². The number of nitrogens with one attached hydrogen (secondary N) is 1. The van der Waals surface area contributed by atoms with E-state index in [4.69, 9.17) is 5.11 Å². The lowest BCUT2D eigenvalue weighted by Crippen LogP contribution is -2.48. The molecule has 100 valence electrons. The minimum absolute atomic E-state index is 0.0428. The zero-order valence-electron chi connectivity index (χ0n) is 10.5. The number of carbonyl (C=O) groups excluding carboxylic acids is 1. The molecule has 0 bridgehead atoms. The van der Waals surface area contributed by atoms with E-state index in [0.717, 1.165) is 32.2 Å². The van der Waals surface area contributed by atoms with Crippen molar-refractivity contribution in [3.8, 4) is 0 Å². The first-order valence-electron chi connectivity index (χ1n) is 6.57. The van der Waals surface area contributed by atoms with Crippen LogP contribution in [0.5, 0.6) is 0 Å². The van der Waals surface area contributed by atoms with Crippen LogP contribution < -0.4 is 5.32 Å². The summed E-state index contributed by atoms with van der Waals surface area (Å²) in [5, 5.41) is 11.8. The molecule has 1 unspecified atom stereocenters. The zero-order chi connectivity index (χ0) is 13.0. The molecule has 2 rings (SSSR count). The Morgan fingerprint density at radius 2 is 2.06 bits per heavy atom. The first-order valence-corrected chi connectivity index (χ1v) is 6.57. The van der Waals surface area contributed by atoms with E-state index >= 15 is 0 Å². The van der Waals surface area contributed by atoms with Gasteiger partial charge in [-0.15, -0.1) is 0 Å². The molecule has 0 radical (unpaired) electrons. The van der Waals surface area contributed by atoms with Gasteiger partial charge in [-0.3, -0.25) is 4.79 Å². The summed E-state index contributed by atoms with van der Waals surface area (Å²) in [6.07, 6.45) is 7.92. The van der Waals surface area contributed by atoms with Gasteiger partial charge in [0.15, 0.2) is 0 Å². The van der Waals surface area contributed by atoms with E-state index in [2.05, 4.69) is 17.5 Å². The average molecular weight is 252 g/mol. The van der Waals surface area contributed by atoms with Crippen LogP contribution in [-0.2, 0) is 4.79 Å². The molecule has 18 heavy (non-hydrogen) atoms. The highest BCUT2D eigenvalue weighted by atomic mass is 16.4. The largest absolute Gasteiger partial charge is 0.481 e. The number of piperidine rings is 1. The maximum atomic E-state index is 12.0. The first-order chi connectivity index (χ1) is 8.65. The van der Waals surface area contributed by atoms with Crippen molar-refractivity contribution in [1.29, 1.82) is 0 Å². The Kier molecular flexibility index (Phi) is 4.23. The van der Waals surface area contributed by atoms with Crippen molar-refractivity contribution < 1.29 is 14.7 Å². The van der Waals surface area contributed by atoms with Gasteiger partial charge >= 0.3 is 12.0 Å². The summed E-state index contributed by atoms with van der Waals surface area (Å²) in [7, 11) is 0. The molecular weight excluding hydrogens is 232 g/mol. The second-order valence-electron chi connectivity index (χ2n) is 5.14. The molecule has 1 aliphatic carbocycles. The van der Waals surface area contributed by atoms with Crippen molar-refractivity contribution in [3.63, 3.8) is 0 Å². The molecule has 0 spiro atoms. The normalized spacial score (nSPS) is 24.2. The third-order valence-corrected chi connectivity index (χ3v) is 3.60. The van der Waals surface area contributed by atoms with Gasteiger partial charge in [0.25, 0.3) is 0 Å². The van der Waals surface area contributed by atoms with Crippen LogP contribution in [0.15, 0.2) is 12.2 Å². The lowest BCUT2D eigenvalue weighted by Gasteiger charge is -2.33. The molecular formula is C13H20N2O3. The molecule has 5 nitrogen and oxygen atoms in total. The summed E-state index contributed by atoms with van der Waals surface area (Å²) in [5.74, 6) is -0.675. The van der Waals surface area contributed by atoms with Crippen LogP contribution >= 0.6 is 0 Å². The maximum Gasteiger partial charge on any atom is 0.317 e. The summed E-state index contributed by atoms with van der Waals surface area (Å²) < 4.78 is 0. The smallest absolute Gasteiger partial charge is 0.317 e. The van der Waals surface area contributed by atoms with Gasteiger partial charge in [0.05, 0.1) is 0 Å². The topological polar surface area (TPSA) is 69.6 Å². The third-order valence-electron chi connectivity index (χ3n) is 3.60. The number of carboxylic acids is 1. The molecule has 1 heterocycles. The Morgan fingerprint density at radius 1 is 1.33 bits per heavy atom. The molecule has 0 aromatic rings. The van der Waals surface area contributed by atoms with Crippen molar-refractivity contribution in [2.45, 2.75) is 38.1 Å². The van der Waals surface area contributed by atoms with E-state index in [9.17, 15) is 9.59 Å². The molecule has 2 amide bonds. The number of nitrogens with zero attached hydrogens (tertiary/aromatic N) is 1. The third kappa shape index (κ3) is 3.48. The lowest BCUT2D eigenvalue weighted by molar-refractivity contribution is -0.138. The first kappa shape index (κ1) is 12.9. The van der Waals surface area contributed by atoms with Crippen molar-refractivity contribution in [2.75, 3.05) is 13.1 Å². The van der Waals surface area contributed by atoms with Gasteiger partial charge in [0, 0.05) is 25.6 Å². The number of hydrogen-bond acceptors (Lipinski definition) is 2. The summed E-state index contributed by atoms with van der Waals surface area (Å²) in [5.41, 5.74) is 0. The number of carboxylic acid groups (broad SMARTS) is 1. The van der Waals surface area contributed by atoms with E-state index < -0.39 is 5.97 Å². The Balaban J connectivity index is 1.80. The van der Waals surface area contributed by atoms with Crippen molar-refractivity contribution in [3.05, 3.63) is 12.2 Å². The molecule has 5 heteroatoms. The molecule has 0 aromatic carbocycles. The second kappa shape index (κ2) is 5.89.